The number of rotatable bonds is 5. The fourth-order valence-electron chi connectivity index (χ4n) is 1.29. The first kappa shape index (κ1) is 12.9. The summed E-state index contributed by atoms with van der Waals surface area (Å²) in [6.45, 7) is 3.88. The Morgan fingerprint density at radius 3 is 2.44 bits per heavy atom. The summed E-state index contributed by atoms with van der Waals surface area (Å²) in [4.78, 5) is 3.91. The maximum absolute atomic E-state index is 11.9. The molecule has 0 amide bonds. The predicted molar refractivity (Wildman–Crippen MR) is 63.3 cm³/mol. The van der Waals surface area contributed by atoms with Crippen LogP contribution in [0.25, 0.3) is 0 Å². The Bertz CT molecular complexity index is 424. The molecule has 1 heterocycles. The van der Waals surface area contributed by atoms with E-state index in [2.05, 4.69) is 9.71 Å². The highest BCUT2D eigenvalue weighted by Gasteiger charge is 2.17. The van der Waals surface area contributed by atoms with Gasteiger partial charge in [0.15, 0.2) is 0 Å². The molecular weight excluding hydrogens is 226 g/mol. The van der Waals surface area contributed by atoms with E-state index >= 15 is 0 Å². The minimum absolute atomic E-state index is 0.0393. The molecule has 3 N–H and O–H groups in total. The molecule has 0 bridgehead atoms. The van der Waals surface area contributed by atoms with Crippen molar-refractivity contribution in [3.05, 3.63) is 18.3 Å². The van der Waals surface area contributed by atoms with E-state index in [1.165, 1.54) is 18.3 Å². The number of anilines is 1. The maximum atomic E-state index is 11.9. The topological polar surface area (TPSA) is 85.1 Å². The van der Waals surface area contributed by atoms with Crippen LogP contribution in [0.4, 0.5) is 5.82 Å². The molecule has 6 heteroatoms. The van der Waals surface area contributed by atoms with Crippen LogP contribution < -0.4 is 10.5 Å². The van der Waals surface area contributed by atoms with Crippen LogP contribution in [0.1, 0.15) is 26.7 Å². The number of nitrogens with zero attached hydrogens (tertiary/aromatic N) is 1. The summed E-state index contributed by atoms with van der Waals surface area (Å²) in [5.41, 5.74) is 5.40. The lowest BCUT2D eigenvalue weighted by Gasteiger charge is -2.14. The van der Waals surface area contributed by atoms with Crippen LogP contribution in [0, 0.1) is 0 Å². The third kappa shape index (κ3) is 3.18. The first-order valence-corrected chi connectivity index (χ1v) is 6.71. The van der Waals surface area contributed by atoms with E-state index < -0.39 is 10.0 Å². The summed E-state index contributed by atoms with van der Waals surface area (Å²) < 4.78 is 26.4. The molecule has 0 radical (unpaired) electrons. The average molecular weight is 243 g/mol. The Labute approximate surface area is 96.1 Å². The zero-order valence-corrected chi connectivity index (χ0v) is 10.3. The van der Waals surface area contributed by atoms with Crippen molar-refractivity contribution in [2.45, 2.75) is 37.6 Å². The third-order valence-corrected chi connectivity index (χ3v) is 3.88. The minimum atomic E-state index is -3.47. The second-order valence-electron chi connectivity index (χ2n) is 3.55. The second-order valence-corrected chi connectivity index (χ2v) is 5.27. The van der Waals surface area contributed by atoms with Crippen LogP contribution in [0.15, 0.2) is 23.2 Å². The van der Waals surface area contributed by atoms with Crippen molar-refractivity contribution in [2.75, 3.05) is 5.73 Å². The molecule has 0 unspecified atom stereocenters. The fraction of sp³-hybridized carbons (Fsp3) is 0.500. The van der Waals surface area contributed by atoms with Crippen molar-refractivity contribution in [2.24, 2.45) is 0 Å². The summed E-state index contributed by atoms with van der Waals surface area (Å²) >= 11 is 0. The monoisotopic (exact) mass is 243 g/mol. The van der Waals surface area contributed by atoms with E-state index in [0.717, 1.165) is 12.8 Å². The van der Waals surface area contributed by atoms with Gasteiger partial charge in [-0.15, -0.1) is 0 Å². The molecule has 5 nitrogen and oxygen atoms in total. The Hall–Kier alpha value is -1.14. The van der Waals surface area contributed by atoms with Gasteiger partial charge in [0.25, 0.3) is 0 Å². The summed E-state index contributed by atoms with van der Waals surface area (Å²) in [5.74, 6) is 0.307. The van der Waals surface area contributed by atoms with Gasteiger partial charge in [-0.25, -0.2) is 18.1 Å². The molecule has 0 aliphatic rings. The molecule has 0 saturated heterocycles. The van der Waals surface area contributed by atoms with Crippen molar-refractivity contribution in [1.82, 2.24) is 9.71 Å². The molecule has 1 rings (SSSR count). The summed E-state index contributed by atoms with van der Waals surface area (Å²) in [5, 5.41) is 0. The molecule has 0 aromatic carbocycles. The van der Waals surface area contributed by atoms with E-state index in [4.69, 9.17) is 5.73 Å². The van der Waals surface area contributed by atoms with Gasteiger partial charge in [0.05, 0.1) is 0 Å². The SMILES string of the molecule is CCC(CC)NS(=O)(=O)c1ccc(N)nc1. The predicted octanol–water partition coefficient (Wildman–Crippen LogP) is 1.13. The van der Waals surface area contributed by atoms with E-state index in [1.54, 1.807) is 0 Å². The van der Waals surface area contributed by atoms with Crippen molar-refractivity contribution in [1.29, 1.82) is 0 Å². The van der Waals surface area contributed by atoms with E-state index in [0.29, 0.717) is 5.82 Å². The van der Waals surface area contributed by atoms with Gasteiger partial charge in [0.1, 0.15) is 10.7 Å². The number of sulfonamides is 1. The van der Waals surface area contributed by atoms with E-state index in [1.807, 2.05) is 13.8 Å². The van der Waals surface area contributed by atoms with Crippen molar-refractivity contribution < 1.29 is 8.42 Å². The number of nitrogen functional groups attached to an aromatic ring is 1. The van der Waals surface area contributed by atoms with Crippen LogP contribution in [0.3, 0.4) is 0 Å². The lowest BCUT2D eigenvalue weighted by Crippen LogP contribution is -2.33. The summed E-state index contributed by atoms with van der Waals surface area (Å²) in [6.07, 6.45) is 2.79. The number of aromatic nitrogens is 1. The van der Waals surface area contributed by atoms with E-state index in [9.17, 15) is 8.42 Å². The Balaban J connectivity index is 2.89. The van der Waals surface area contributed by atoms with Gasteiger partial charge in [-0.1, -0.05) is 13.8 Å². The zero-order valence-electron chi connectivity index (χ0n) is 9.47. The smallest absolute Gasteiger partial charge is 0.242 e. The quantitative estimate of drug-likeness (QED) is 0.811. The number of hydrogen-bond donors (Lipinski definition) is 2. The first-order valence-electron chi connectivity index (χ1n) is 5.23. The average Bonchev–Trinajstić information content (AvgIpc) is 2.26. The Kier molecular flexibility index (Phi) is 4.26. The molecule has 0 fully saturated rings. The van der Waals surface area contributed by atoms with Gasteiger partial charge in [-0.3, -0.25) is 0 Å². The molecule has 0 spiro atoms. The van der Waals surface area contributed by atoms with Gasteiger partial charge >= 0.3 is 0 Å². The molecule has 0 aliphatic heterocycles. The number of nitrogens with two attached hydrogens (primary N) is 1. The first-order chi connectivity index (χ1) is 7.49. The van der Waals surface area contributed by atoms with Gasteiger partial charge in [-0.2, -0.15) is 0 Å². The molecule has 0 saturated carbocycles. The zero-order chi connectivity index (χ0) is 12.2. The van der Waals surface area contributed by atoms with Gasteiger partial charge in [-0.05, 0) is 25.0 Å². The van der Waals surface area contributed by atoms with Crippen molar-refractivity contribution >= 4 is 15.8 Å². The molecule has 1 aromatic rings. The molecular formula is C10H17N3O2S. The fourth-order valence-corrected chi connectivity index (χ4v) is 2.64. The largest absolute Gasteiger partial charge is 0.384 e. The molecule has 0 atom stereocenters. The lowest BCUT2D eigenvalue weighted by molar-refractivity contribution is 0.530. The van der Waals surface area contributed by atoms with E-state index in [-0.39, 0.29) is 10.9 Å². The lowest BCUT2D eigenvalue weighted by atomic mass is 10.2. The maximum Gasteiger partial charge on any atom is 0.242 e. The molecule has 90 valence electrons. The van der Waals surface area contributed by atoms with Crippen LogP contribution in [0.5, 0.6) is 0 Å². The Morgan fingerprint density at radius 2 is 2.00 bits per heavy atom. The number of pyridine rings is 1. The summed E-state index contributed by atoms with van der Waals surface area (Å²) in [7, 11) is -3.47. The highest BCUT2D eigenvalue weighted by molar-refractivity contribution is 7.89. The van der Waals surface area contributed by atoms with Crippen LogP contribution >= 0.6 is 0 Å². The Morgan fingerprint density at radius 1 is 1.38 bits per heavy atom. The molecule has 1 aromatic heterocycles. The van der Waals surface area contributed by atoms with Crippen LogP contribution in [-0.2, 0) is 10.0 Å². The van der Waals surface area contributed by atoms with Crippen LogP contribution in [-0.4, -0.2) is 19.4 Å². The highest BCUT2D eigenvalue weighted by Crippen LogP contribution is 2.10. The van der Waals surface area contributed by atoms with Crippen molar-refractivity contribution in [3.8, 4) is 0 Å². The second kappa shape index (κ2) is 5.27. The van der Waals surface area contributed by atoms with Gasteiger partial charge in [0, 0.05) is 12.2 Å². The number of nitrogens with one attached hydrogen (secondary N) is 1. The van der Waals surface area contributed by atoms with Gasteiger partial charge in [0.2, 0.25) is 10.0 Å². The third-order valence-electron chi connectivity index (χ3n) is 2.38. The number of hydrogen-bond acceptors (Lipinski definition) is 4. The molecule has 16 heavy (non-hydrogen) atoms. The minimum Gasteiger partial charge on any atom is -0.384 e. The highest BCUT2D eigenvalue weighted by atomic mass is 32.2. The van der Waals surface area contributed by atoms with Crippen molar-refractivity contribution in [3.63, 3.8) is 0 Å². The molecule has 0 aliphatic carbocycles. The summed E-state index contributed by atoms with van der Waals surface area (Å²) in [6, 6.07) is 2.89. The van der Waals surface area contributed by atoms with Crippen LogP contribution in [0.2, 0.25) is 0 Å². The normalized spacial score (nSPS) is 11.9. The standard InChI is InChI=1S/C10H17N3O2S/c1-3-8(4-2)13-16(14,15)9-5-6-10(11)12-7-9/h5-8,13H,3-4H2,1-2H3,(H2,11,12). The van der Waals surface area contributed by atoms with Gasteiger partial charge < -0.3 is 5.73 Å².